The van der Waals surface area contributed by atoms with E-state index in [1.807, 2.05) is 0 Å². The van der Waals surface area contributed by atoms with E-state index in [-0.39, 0.29) is 6.61 Å². The molecule has 0 bridgehead atoms. The second-order valence-electron chi connectivity index (χ2n) is 1.87. The second kappa shape index (κ2) is 2.90. The van der Waals surface area contributed by atoms with Crippen LogP contribution in [0.2, 0.25) is 5.22 Å². The highest BCUT2D eigenvalue weighted by Crippen LogP contribution is 2.18. The fourth-order valence-electron chi connectivity index (χ4n) is 0.582. The zero-order chi connectivity index (χ0) is 7.56. The predicted molar refractivity (Wildman–Crippen MR) is 39.8 cm³/mol. The molecule has 2 nitrogen and oxygen atoms in total. The fraction of sp³-hybridized carbons (Fsp3) is 0.143. The molecule has 3 heteroatoms. The van der Waals surface area contributed by atoms with Gasteiger partial charge in [0.25, 0.3) is 0 Å². The minimum Gasteiger partial charge on any atom is -0.445 e. The van der Waals surface area contributed by atoms with Gasteiger partial charge in [-0.15, -0.1) is 0 Å². The monoisotopic (exact) mass is 158 g/mol. The average molecular weight is 159 g/mol. The smallest absolute Gasteiger partial charge is 0.193 e. The van der Waals surface area contributed by atoms with E-state index in [0.717, 1.165) is 0 Å². The predicted octanol–water partition coefficient (Wildman–Crippen LogP) is 1.94. The van der Waals surface area contributed by atoms with E-state index >= 15 is 0 Å². The van der Waals surface area contributed by atoms with Crippen LogP contribution < -0.4 is 0 Å². The molecule has 0 spiro atoms. The van der Waals surface area contributed by atoms with Gasteiger partial charge in [0, 0.05) is 5.57 Å². The lowest BCUT2D eigenvalue weighted by Gasteiger charge is -1.93. The van der Waals surface area contributed by atoms with Crippen LogP contribution in [-0.2, 0) is 0 Å². The summed E-state index contributed by atoms with van der Waals surface area (Å²) >= 11 is 5.47. The van der Waals surface area contributed by atoms with E-state index < -0.39 is 0 Å². The molecule has 0 radical (unpaired) electrons. The normalized spacial score (nSPS) is 9.80. The molecule has 0 saturated carbocycles. The van der Waals surface area contributed by atoms with Crippen molar-refractivity contribution in [1.29, 1.82) is 0 Å². The molecular weight excluding hydrogens is 152 g/mol. The molecule has 54 valence electrons. The van der Waals surface area contributed by atoms with E-state index in [1.165, 1.54) is 0 Å². The lowest BCUT2D eigenvalue weighted by molar-refractivity contribution is 0.346. The number of hydrogen-bond acceptors (Lipinski definition) is 2. The van der Waals surface area contributed by atoms with Gasteiger partial charge >= 0.3 is 0 Å². The molecule has 1 aromatic rings. The van der Waals surface area contributed by atoms with Gasteiger partial charge in [0.1, 0.15) is 5.76 Å². The maximum Gasteiger partial charge on any atom is 0.193 e. The van der Waals surface area contributed by atoms with E-state index in [4.69, 9.17) is 21.1 Å². The van der Waals surface area contributed by atoms with Gasteiger partial charge in [0.15, 0.2) is 5.22 Å². The maximum atomic E-state index is 8.59. The highest BCUT2D eigenvalue weighted by Gasteiger charge is 2.01. The highest BCUT2D eigenvalue weighted by atomic mass is 35.5. The summed E-state index contributed by atoms with van der Waals surface area (Å²) in [6.45, 7) is 3.45. The molecule has 1 aromatic heterocycles. The Bertz CT molecular complexity index is 240. The largest absolute Gasteiger partial charge is 0.445 e. The Morgan fingerprint density at radius 1 is 1.70 bits per heavy atom. The van der Waals surface area contributed by atoms with Crippen LogP contribution in [0.1, 0.15) is 5.76 Å². The molecule has 0 unspecified atom stereocenters. The van der Waals surface area contributed by atoms with Crippen LogP contribution >= 0.6 is 11.6 Å². The molecule has 0 saturated heterocycles. The zero-order valence-electron chi connectivity index (χ0n) is 5.30. The Kier molecular flexibility index (Phi) is 2.14. The SMILES string of the molecule is C=C(CO)c1ccc(Cl)o1. The van der Waals surface area contributed by atoms with Crippen molar-refractivity contribution in [1.82, 2.24) is 0 Å². The third-order valence-corrected chi connectivity index (χ3v) is 1.32. The van der Waals surface area contributed by atoms with Crippen molar-refractivity contribution in [2.45, 2.75) is 0 Å². The van der Waals surface area contributed by atoms with Crippen LogP contribution in [-0.4, -0.2) is 11.7 Å². The lowest BCUT2D eigenvalue weighted by atomic mass is 10.2. The minimum absolute atomic E-state index is 0.107. The molecule has 1 rings (SSSR count). The Morgan fingerprint density at radius 3 is 2.80 bits per heavy atom. The number of aliphatic hydroxyl groups is 1. The van der Waals surface area contributed by atoms with Crippen molar-refractivity contribution in [2.24, 2.45) is 0 Å². The lowest BCUT2D eigenvalue weighted by Crippen LogP contribution is -1.83. The Hall–Kier alpha value is -0.730. The molecule has 10 heavy (non-hydrogen) atoms. The van der Waals surface area contributed by atoms with Gasteiger partial charge < -0.3 is 9.52 Å². The van der Waals surface area contributed by atoms with Crippen molar-refractivity contribution in [3.8, 4) is 0 Å². The molecule has 1 N–H and O–H groups in total. The van der Waals surface area contributed by atoms with Gasteiger partial charge in [0.2, 0.25) is 0 Å². The van der Waals surface area contributed by atoms with Crippen LogP contribution in [0.15, 0.2) is 23.1 Å². The summed E-state index contributed by atoms with van der Waals surface area (Å²) < 4.78 is 4.94. The van der Waals surface area contributed by atoms with Crippen LogP contribution in [0, 0.1) is 0 Å². The van der Waals surface area contributed by atoms with Gasteiger partial charge in [0.05, 0.1) is 6.61 Å². The van der Waals surface area contributed by atoms with E-state index in [2.05, 4.69) is 6.58 Å². The summed E-state index contributed by atoms with van der Waals surface area (Å²) in [4.78, 5) is 0. The molecule has 0 aliphatic carbocycles. The third kappa shape index (κ3) is 1.40. The van der Waals surface area contributed by atoms with Crippen molar-refractivity contribution in [3.63, 3.8) is 0 Å². The number of rotatable bonds is 2. The first kappa shape index (κ1) is 7.38. The molecule has 0 amide bonds. The van der Waals surface area contributed by atoms with Crippen LogP contribution in [0.3, 0.4) is 0 Å². The van der Waals surface area contributed by atoms with Crippen LogP contribution in [0.4, 0.5) is 0 Å². The Morgan fingerprint density at radius 2 is 2.40 bits per heavy atom. The van der Waals surface area contributed by atoms with Crippen molar-refractivity contribution >= 4 is 17.2 Å². The highest BCUT2D eigenvalue weighted by molar-refractivity contribution is 6.28. The van der Waals surface area contributed by atoms with Gasteiger partial charge in [-0.2, -0.15) is 0 Å². The van der Waals surface area contributed by atoms with Crippen molar-refractivity contribution in [3.05, 3.63) is 29.7 Å². The topological polar surface area (TPSA) is 33.4 Å². The van der Waals surface area contributed by atoms with Gasteiger partial charge in [-0.25, -0.2) is 0 Å². The molecule has 0 fully saturated rings. The molecule has 0 aliphatic rings. The standard InChI is InChI=1S/C7H7ClO2/c1-5(4-9)6-2-3-7(8)10-6/h2-3,9H,1,4H2. The molecule has 1 heterocycles. The maximum absolute atomic E-state index is 8.59. The Balaban J connectivity index is 2.85. The van der Waals surface area contributed by atoms with Gasteiger partial charge in [-0.05, 0) is 23.7 Å². The summed E-state index contributed by atoms with van der Waals surface area (Å²) in [6, 6.07) is 3.28. The number of hydrogen-bond donors (Lipinski definition) is 1. The van der Waals surface area contributed by atoms with Crippen LogP contribution in [0.5, 0.6) is 0 Å². The fourth-order valence-corrected chi connectivity index (χ4v) is 0.728. The van der Waals surface area contributed by atoms with Crippen molar-refractivity contribution < 1.29 is 9.52 Å². The summed E-state index contributed by atoms with van der Waals surface area (Å²) in [5.74, 6) is 0.535. The summed E-state index contributed by atoms with van der Waals surface area (Å²) in [7, 11) is 0. The second-order valence-corrected chi connectivity index (χ2v) is 2.24. The Labute approximate surface area is 63.7 Å². The van der Waals surface area contributed by atoms with E-state index in [1.54, 1.807) is 12.1 Å². The zero-order valence-corrected chi connectivity index (χ0v) is 6.06. The third-order valence-electron chi connectivity index (χ3n) is 1.11. The van der Waals surface area contributed by atoms with E-state index in [0.29, 0.717) is 16.6 Å². The quantitative estimate of drug-likeness (QED) is 0.714. The number of halogens is 1. The summed E-state index contributed by atoms with van der Waals surface area (Å²) in [5.41, 5.74) is 0.534. The molecule has 0 aliphatic heterocycles. The summed E-state index contributed by atoms with van der Waals surface area (Å²) in [6.07, 6.45) is 0. The molecular formula is C7H7ClO2. The first-order valence-electron chi connectivity index (χ1n) is 2.78. The van der Waals surface area contributed by atoms with Gasteiger partial charge in [-0.1, -0.05) is 6.58 Å². The van der Waals surface area contributed by atoms with Crippen LogP contribution in [0.25, 0.3) is 5.57 Å². The first-order chi connectivity index (χ1) is 4.74. The first-order valence-corrected chi connectivity index (χ1v) is 3.16. The number of aliphatic hydroxyl groups excluding tert-OH is 1. The molecule has 0 aromatic carbocycles. The van der Waals surface area contributed by atoms with E-state index in [9.17, 15) is 0 Å². The minimum atomic E-state index is -0.107. The summed E-state index contributed by atoms with van der Waals surface area (Å²) in [5, 5.41) is 8.90. The molecule has 0 atom stereocenters. The average Bonchev–Trinajstić information content (AvgIpc) is 2.34. The van der Waals surface area contributed by atoms with Crippen molar-refractivity contribution in [2.75, 3.05) is 6.61 Å². The van der Waals surface area contributed by atoms with Gasteiger partial charge in [-0.3, -0.25) is 0 Å². The number of furan rings is 1.